The van der Waals surface area contributed by atoms with Crippen LogP contribution in [0.1, 0.15) is 63.7 Å². The minimum Gasteiger partial charge on any atom is -0.497 e. The van der Waals surface area contributed by atoms with E-state index in [2.05, 4.69) is 22.3 Å². The number of methoxy groups -OCH3 is 1. The van der Waals surface area contributed by atoms with Gasteiger partial charge in [-0.3, -0.25) is 9.59 Å². The molecular weight excluding hydrogens is 358 g/mol. The van der Waals surface area contributed by atoms with E-state index in [1.807, 2.05) is 0 Å². The van der Waals surface area contributed by atoms with Crippen LogP contribution >= 0.6 is 0 Å². The number of rotatable bonds is 4. The Labute approximate surface area is 163 Å². The van der Waals surface area contributed by atoms with E-state index in [1.54, 1.807) is 29.9 Å². The van der Waals surface area contributed by atoms with E-state index in [-0.39, 0.29) is 29.0 Å². The second kappa shape index (κ2) is 8.05. The molecule has 0 radical (unpaired) electrons. The lowest BCUT2D eigenvalue weighted by molar-refractivity contribution is 0.0961. The van der Waals surface area contributed by atoms with Crippen molar-refractivity contribution in [2.75, 3.05) is 19.9 Å². The zero-order valence-corrected chi connectivity index (χ0v) is 15.9. The van der Waals surface area contributed by atoms with Crippen molar-refractivity contribution in [3.05, 3.63) is 40.6 Å². The Kier molecular flexibility index (Phi) is 5.54. The van der Waals surface area contributed by atoms with Gasteiger partial charge in [0.1, 0.15) is 17.1 Å². The highest BCUT2D eigenvalue weighted by Gasteiger charge is 2.25. The number of nitrogens with one attached hydrogen (secondary N) is 1. The average molecular weight is 381 g/mol. The summed E-state index contributed by atoms with van der Waals surface area (Å²) in [6.07, 6.45) is 4.12. The molecule has 8 nitrogen and oxygen atoms in total. The Morgan fingerprint density at radius 1 is 1.25 bits per heavy atom. The SMILES string of the molecule is CNC(=O)c1cc(C#Cc2nn(C3CCCC3)c(N)c2C(N)=O)cc(OC)c1. The number of hydrogen-bond donors (Lipinski definition) is 3. The van der Waals surface area contributed by atoms with Crippen molar-refractivity contribution in [2.45, 2.75) is 31.7 Å². The monoisotopic (exact) mass is 381 g/mol. The number of hydrogen-bond acceptors (Lipinski definition) is 5. The molecule has 8 heteroatoms. The van der Waals surface area contributed by atoms with Crippen molar-refractivity contribution in [1.29, 1.82) is 0 Å². The fourth-order valence-electron chi connectivity index (χ4n) is 3.40. The molecule has 0 unspecified atom stereocenters. The van der Waals surface area contributed by atoms with Crippen LogP contribution < -0.4 is 21.5 Å². The predicted molar refractivity (Wildman–Crippen MR) is 105 cm³/mol. The number of nitrogens with two attached hydrogens (primary N) is 2. The molecule has 146 valence electrons. The van der Waals surface area contributed by atoms with E-state index >= 15 is 0 Å². The van der Waals surface area contributed by atoms with Crippen molar-refractivity contribution in [2.24, 2.45) is 5.73 Å². The summed E-state index contributed by atoms with van der Waals surface area (Å²) in [6, 6.07) is 5.10. The number of aromatic nitrogens is 2. The highest BCUT2D eigenvalue weighted by atomic mass is 16.5. The van der Waals surface area contributed by atoms with Crippen LogP contribution in [0.15, 0.2) is 18.2 Å². The van der Waals surface area contributed by atoms with E-state index in [4.69, 9.17) is 16.2 Å². The molecule has 1 heterocycles. The highest BCUT2D eigenvalue weighted by Crippen LogP contribution is 2.32. The van der Waals surface area contributed by atoms with Gasteiger partial charge < -0.3 is 21.5 Å². The van der Waals surface area contributed by atoms with Crippen LogP contribution in [0.3, 0.4) is 0 Å². The molecule has 0 aliphatic heterocycles. The molecule has 2 amide bonds. The van der Waals surface area contributed by atoms with Gasteiger partial charge in [0.2, 0.25) is 0 Å². The maximum absolute atomic E-state index is 11.9. The zero-order chi connectivity index (χ0) is 20.3. The summed E-state index contributed by atoms with van der Waals surface area (Å²) in [6.45, 7) is 0. The summed E-state index contributed by atoms with van der Waals surface area (Å²) in [4.78, 5) is 23.9. The molecule has 1 aliphatic rings. The van der Waals surface area contributed by atoms with Gasteiger partial charge >= 0.3 is 0 Å². The molecule has 1 aliphatic carbocycles. The number of carbonyl (C=O) groups is 2. The first-order valence-corrected chi connectivity index (χ1v) is 9.05. The smallest absolute Gasteiger partial charge is 0.255 e. The molecule has 1 aromatic carbocycles. The first-order chi connectivity index (χ1) is 13.4. The molecule has 1 fully saturated rings. The van der Waals surface area contributed by atoms with Crippen LogP contribution in [-0.2, 0) is 0 Å². The molecule has 1 saturated carbocycles. The first kappa shape index (κ1) is 19.3. The van der Waals surface area contributed by atoms with Crippen molar-refractivity contribution < 1.29 is 14.3 Å². The number of ether oxygens (including phenoxy) is 1. The first-order valence-electron chi connectivity index (χ1n) is 9.05. The Morgan fingerprint density at radius 2 is 1.96 bits per heavy atom. The third-order valence-corrected chi connectivity index (χ3v) is 4.82. The van der Waals surface area contributed by atoms with Gasteiger partial charge in [0, 0.05) is 18.2 Å². The third kappa shape index (κ3) is 3.78. The average Bonchev–Trinajstić information content (AvgIpc) is 3.32. The number of nitrogens with zero attached hydrogens (tertiary/aromatic N) is 2. The lowest BCUT2D eigenvalue weighted by Gasteiger charge is -2.11. The number of anilines is 1. The van der Waals surface area contributed by atoms with Gasteiger partial charge in [-0.2, -0.15) is 5.10 Å². The van der Waals surface area contributed by atoms with E-state index in [9.17, 15) is 9.59 Å². The Balaban J connectivity index is 2.03. The number of nitrogen functional groups attached to an aromatic ring is 1. The summed E-state index contributed by atoms with van der Waals surface area (Å²) in [5.41, 5.74) is 13.0. The summed E-state index contributed by atoms with van der Waals surface area (Å²) in [7, 11) is 3.06. The summed E-state index contributed by atoms with van der Waals surface area (Å²) >= 11 is 0. The lowest BCUT2D eigenvalue weighted by atomic mass is 10.1. The standard InChI is InChI=1S/C20H23N5O3/c1-23-20(27)13-9-12(10-15(11-13)28-2)7-8-16-17(19(22)26)18(21)25(24-16)14-5-3-4-6-14/h9-11,14H,3-6,21H2,1-2H3,(H2,22,26)(H,23,27). The van der Waals surface area contributed by atoms with E-state index in [0.29, 0.717) is 16.9 Å². The quantitative estimate of drug-likeness (QED) is 0.691. The fraction of sp³-hybridized carbons (Fsp3) is 0.350. The van der Waals surface area contributed by atoms with Crippen LogP contribution in [0.2, 0.25) is 0 Å². The van der Waals surface area contributed by atoms with E-state index in [0.717, 1.165) is 25.7 Å². The van der Waals surface area contributed by atoms with Gasteiger partial charge in [0.15, 0.2) is 5.69 Å². The molecule has 0 bridgehead atoms. The fourth-order valence-corrected chi connectivity index (χ4v) is 3.40. The lowest BCUT2D eigenvalue weighted by Crippen LogP contribution is -2.17. The van der Waals surface area contributed by atoms with E-state index in [1.165, 1.54) is 7.11 Å². The highest BCUT2D eigenvalue weighted by molar-refractivity contribution is 5.99. The summed E-state index contributed by atoms with van der Waals surface area (Å²) in [5.74, 6) is 5.64. The van der Waals surface area contributed by atoms with Gasteiger partial charge in [-0.25, -0.2) is 4.68 Å². The third-order valence-electron chi connectivity index (χ3n) is 4.82. The van der Waals surface area contributed by atoms with Gasteiger partial charge in [-0.1, -0.05) is 18.8 Å². The minimum atomic E-state index is -0.664. The van der Waals surface area contributed by atoms with Gasteiger partial charge in [0.25, 0.3) is 11.8 Å². The van der Waals surface area contributed by atoms with Gasteiger partial charge in [-0.05, 0) is 37.0 Å². The van der Waals surface area contributed by atoms with Crippen LogP contribution in [0.5, 0.6) is 5.75 Å². The molecule has 0 atom stereocenters. The van der Waals surface area contributed by atoms with Crippen molar-refractivity contribution >= 4 is 17.6 Å². The Hall–Kier alpha value is -3.47. The number of primary amides is 1. The molecule has 2 aromatic rings. The second-order valence-corrected chi connectivity index (χ2v) is 6.64. The summed E-state index contributed by atoms with van der Waals surface area (Å²) < 4.78 is 6.90. The van der Waals surface area contributed by atoms with Crippen molar-refractivity contribution in [3.63, 3.8) is 0 Å². The predicted octanol–water partition coefficient (Wildman–Crippen LogP) is 1.45. The Morgan fingerprint density at radius 3 is 2.57 bits per heavy atom. The molecule has 28 heavy (non-hydrogen) atoms. The minimum absolute atomic E-state index is 0.133. The van der Waals surface area contributed by atoms with Crippen molar-refractivity contribution in [1.82, 2.24) is 15.1 Å². The van der Waals surface area contributed by atoms with Gasteiger partial charge in [0.05, 0.1) is 13.2 Å². The normalized spacial score (nSPS) is 13.6. The molecule has 1 aromatic heterocycles. The Bertz CT molecular complexity index is 978. The number of amides is 2. The molecular formula is C20H23N5O3. The second-order valence-electron chi connectivity index (χ2n) is 6.64. The van der Waals surface area contributed by atoms with Crippen LogP contribution in [0, 0.1) is 11.8 Å². The summed E-state index contributed by atoms with van der Waals surface area (Å²) in [5, 5.41) is 7.01. The van der Waals surface area contributed by atoms with Crippen LogP contribution in [0.25, 0.3) is 0 Å². The van der Waals surface area contributed by atoms with Crippen LogP contribution in [0.4, 0.5) is 5.82 Å². The molecule has 3 rings (SSSR count). The molecule has 0 saturated heterocycles. The maximum Gasteiger partial charge on any atom is 0.255 e. The largest absolute Gasteiger partial charge is 0.497 e. The van der Waals surface area contributed by atoms with Crippen molar-refractivity contribution in [3.8, 4) is 17.6 Å². The van der Waals surface area contributed by atoms with Crippen LogP contribution in [-0.4, -0.2) is 35.8 Å². The zero-order valence-electron chi connectivity index (χ0n) is 15.9. The number of benzene rings is 1. The molecule has 0 spiro atoms. The molecule has 5 N–H and O–H groups in total. The topological polar surface area (TPSA) is 125 Å². The maximum atomic E-state index is 11.9. The van der Waals surface area contributed by atoms with E-state index < -0.39 is 5.91 Å². The van der Waals surface area contributed by atoms with Gasteiger partial charge in [-0.15, -0.1) is 0 Å². The number of carbonyl (C=O) groups excluding carboxylic acids is 2.